The van der Waals surface area contributed by atoms with Gasteiger partial charge in [0, 0.05) is 0 Å². The van der Waals surface area contributed by atoms with Crippen molar-refractivity contribution in [3.05, 3.63) is 95.4 Å². The maximum atomic E-state index is 13.5. The number of imide groups is 1. The number of hydrogen-bond acceptors (Lipinski definition) is 5. The number of amides is 2. The van der Waals surface area contributed by atoms with Crippen molar-refractivity contribution in [3.63, 3.8) is 0 Å². The van der Waals surface area contributed by atoms with Crippen LogP contribution in [-0.2, 0) is 16.1 Å². The molecule has 0 aliphatic carbocycles. The highest BCUT2D eigenvalue weighted by molar-refractivity contribution is 6.36. The molecule has 32 heavy (non-hydrogen) atoms. The number of anilines is 1. The number of ether oxygens (including phenoxy) is 2. The quantitative estimate of drug-likeness (QED) is 0.566. The van der Waals surface area contributed by atoms with E-state index in [0.717, 1.165) is 10.5 Å². The number of benzene rings is 3. The molecule has 1 aliphatic rings. The Bertz CT molecular complexity index is 1190. The van der Waals surface area contributed by atoms with Gasteiger partial charge >= 0.3 is 0 Å². The minimum Gasteiger partial charge on any atom is -0.497 e. The van der Waals surface area contributed by atoms with Crippen molar-refractivity contribution in [2.45, 2.75) is 6.54 Å². The van der Waals surface area contributed by atoms with E-state index in [2.05, 4.69) is 5.32 Å². The van der Waals surface area contributed by atoms with Crippen molar-refractivity contribution in [1.29, 1.82) is 0 Å². The third kappa shape index (κ3) is 4.05. The predicted molar refractivity (Wildman–Crippen MR) is 118 cm³/mol. The largest absolute Gasteiger partial charge is 0.497 e. The lowest BCUT2D eigenvalue weighted by Gasteiger charge is -2.16. The van der Waals surface area contributed by atoms with Crippen LogP contribution in [0.2, 0.25) is 0 Å². The van der Waals surface area contributed by atoms with Gasteiger partial charge in [-0.05, 0) is 47.5 Å². The van der Waals surface area contributed by atoms with Gasteiger partial charge in [0.2, 0.25) is 0 Å². The average Bonchev–Trinajstić information content (AvgIpc) is 3.04. The van der Waals surface area contributed by atoms with Gasteiger partial charge in [0.15, 0.2) is 0 Å². The molecular weight excluding hydrogens is 411 g/mol. The summed E-state index contributed by atoms with van der Waals surface area (Å²) >= 11 is 0. The first-order valence-corrected chi connectivity index (χ1v) is 9.91. The zero-order chi connectivity index (χ0) is 22.7. The second kappa shape index (κ2) is 8.93. The highest BCUT2D eigenvalue weighted by atomic mass is 19.1. The van der Waals surface area contributed by atoms with Crippen LogP contribution in [0.15, 0.2) is 78.5 Å². The summed E-state index contributed by atoms with van der Waals surface area (Å²) in [5.74, 6) is -0.171. The number of hydrogen-bond donors (Lipinski definition) is 1. The Morgan fingerprint density at radius 2 is 1.53 bits per heavy atom. The fourth-order valence-electron chi connectivity index (χ4n) is 3.52. The van der Waals surface area contributed by atoms with Gasteiger partial charge in [0.05, 0.1) is 32.0 Å². The van der Waals surface area contributed by atoms with Gasteiger partial charge in [0.1, 0.15) is 23.0 Å². The van der Waals surface area contributed by atoms with Crippen molar-refractivity contribution in [2.24, 2.45) is 0 Å². The SMILES string of the molecule is COc1ccc(CN2C(=O)C(Nc3ccccc3OC)=C(c3ccc(F)cc3)C2=O)cc1. The molecule has 1 heterocycles. The summed E-state index contributed by atoms with van der Waals surface area (Å²) in [6, 6.07) is 19.7. The van der Waals surface area contributed by atoms with E-state index in [-0.39, 0.29) is 17.8 Å². The highest BCUT2D eigenvalue weighted by Gasteiger charge is 2.39. The topological polar surface area (TPSA) is 67.9 Å². The van der Waals surface area contributed by atoms with Gasteiger partial charge in [-0.1, -0.05) is 36.4 Å². The Balaban J connectivity index is 1.73. The molecule has 2 amide bonds. The monoisotopic (exact) mass is 432 g/mol. The molecule has 0 fully saturated rings. The van der Waals surface area contributed by atoms with Crippen LogP contribution in [0.1, 0.15) is 11.1 Å². The molecule has 0 aromatic heterocycles. The zero-order valence-electron chi connectivity index (χ0n) is 17.6. The summed E-state index contributed by atoms with van der Waals surface area (Å²) in [5, 5.41) is 3.07. The van der Waals surface area contributed by atoms with Gasteiger partial charge < -0.3 is 14.8 Å². The Hall–Kier alpha value is -4.13. The van der Waals surface area contributed by atoms with E-state index in [1.54, 1.807) is 55.6 Å². The van der Waals surface area contributed by atoms with Gasteiger partial charge in [-0.25, -0.2) is 4.39 Å². The van der Waals surface area contributed by atoms with Crippen molar-refractivity contribution in [2.75, 3.05) is 19.5 Å². The zero-order valence-corrected chi connectivity index (χ0v) is 17.6. The third-order valence-corrected chi connectivity index (χ3v) is 5.17. The molecule has 162 valence electrons. The number of rotatable bonds is 7. The van der Waals surface area contributed by atoms with Crippen LogP contribution in [0.4, 0.5) is 10.1 Å². The van der Waals surface area contributed by atoms with E-state index in [1.807, 2.05) is 0 Å². The number of nitrogens with zero attached hydrogens (tertiary/aromatic N) is 1. The molecule has 6 nitrogen and oxygen atoms in total. The molecule has 0 bridgehead atoms. The summed E-state index contributed by atoms with van der Waals surface area (Å²) in [7, 11) is 3.09. The smallest absolute Gasteiger partial charge is 0.278 e. The summed E-state index contributed by atoms with van der Waals surface area (Å²) in [5.41, 5.74) is 2.04. The number of halogens is 1. The predicted octanol–water partition coefficient (Wildman–Crippen LogP) is 4.24. The molecule has 1 N–H and O–H groups in total. The van der Waals surface area contributed by atoms with Crippen LogP contribution >= 0.6 is 0 Å². The second-order valence-corrected chi connectivity index (χ2v) is 7.13. The average molecular weight is 432 g/mol. The lowest BCUT2D eigenvalue weighted by atomic mass is 10.0. The number of para-hydroxylation sites is 2. The standard InChI is InChI=1S/C25H21FN2O4/c1-31-19-13-7-16(8-14-19)15-28-24(29)22(17-9-11-18(26)12-10-17)23(25(28)30)27-20-5-3-4-6-21(20)32-2/h3-14,27H,15H2,1-2H3. The normalized spacial score (nSPS) is 13.5. The summed E-state index contributed by atoms with van der Waals surface area (Å²) in [6.07, 6.45) is 0. The van der Waals surface area contributed by atoms with Crippen molar-refractivity contribution >= 4 is 23.1 Å². The Morgan fingerprint density at radius 3 is 2.19 bits per heavy atom. The van der Waals surface area contributed by atoms with Gasteiger partial charge in [-0.15, -0.1) is 0 Å². The Morgan fingerprint density at radius 1 is 0.844 bits per heavy atom. The summed E-state index contributed by atoms with van der Waals surface area (Å²) in [6.45, 7) is 0.0868. The van der Waals surface area contributed by atoms with Crippen LogP contribution in [0.5, 0.6) is 11.5 Å². The second-order valence-electron chi connectivity index (χ2n) is 7.13. The number of nitrogens with one attached hydrogen (secondary N) is 1. The van der Waals surface area contributed by atoms with Gasteiger partial charge in [-0.3, -0.25) is 14.5 Å². The van der Waals surface area contributed by atoms with E-state index < -0.39 is 17.6 Å². The number of carbonyl (C=O) groups is 2. The minimum atomic E-state index is -0.476. The fourth-order valence-corrected chi connectivity index (χ4v) is 3.52. The number of methoxy groups -OCH3 is 2. The first-order chi connectivity index (χ1) is 15.5. The maximum Gasteiger partial charge on any atom is 0.278 e. The molecule has 4 rings (SSSR count). The molecule has 0 radical (unpaired) electrons. The van der Waals surface area contributed by atoms with Crippen molar-refractivity contribution in [1.82, 2.24) is 4.90 Å². The molecule has 0 spiro atoms. The molecule has 0 atom stereocenters. The number of carbonyl (C=O) groups excluding carboxylic acids is 2. The van der Waals surface area contributed by atoms with Crippen LogP contribution < -0.4 is 14.8 Å². The van der Waals surface area contributed by atoms with E-state index in [0.29, 0.717) is 22.7 Å². The molecule has 3 aromatic carbocycles. The third-order valence-electron chi connectivity index (χ3n) is 5.17. The van der Waals surface area contributed by atoms with E-state index >= 15 is 0 Å². The molecule has 1 aliphatic heterocycles. The lowest BCUT2D eigenvalue weighted by Crippen LogP contribution is -2.32. The molecule has 7 heteroatoms. The Labute approximate surface area is 184 Å². The molecule has 0 saturated heterocycles. The first kappa shape index (κ1) is 21.1. The van der Waals surface area contributed by atoms with Gasteiger partial charge in [-0.2, -0.15) is 0 Å². The van der Waals surface area contributed by atoms with Crippen LogP contribution in [0, 0.1) is 5.82 Å². The first-order valence-electron chi connectivity index (χ1n) is 9.91. The van der Waals surface area contributed by atoms with Crippen molar-refractivity contribution in [3.8, 4) is 11.5 Å². The van der Waals surface area contributed by atoms with Crippen LogP contribution in [0.25, 0.3) is 5.57 Å². The van der Waals surface area contributed by atoms with Crippen LogP contribution in [0.3, 0.4) is 0 Å². The van der Waals surface area contributed by atoms with Gasteiger partial charge in [0.25, 0.3) is 11.8 Å². The summed E-state index contributed by atoms with van der Waals surface area (Å²) in [4.78, 5) is 27.8. The maximum absolute atomic E-state index is 13.5. The molecule has 3 aromatic rings. The summed E-state index contributed by atoms with van der Waals surface area (Å²) < 4.78 is 24.0. The van der Waals surface area contributed by atoms with E-state index in [1.165, 1.54) is 31.4 Å². The minimum absolute atomic E-state index is 0.0868. The Kier molecular flexibility index (Phi) is 5.89. The highest BCUT2D eigenvalue weighted by Crippen LogP contribution is 2.34. The van der Waals surface area contributed by atoms with E-state index in [4.69, 9.17) is 9.47 Å². The molecule has 0 saturated carbocycles. The fraction of sp³-hybridized carbons (Fsp3) is 0.120. The van der Waals surface area contributed by atoms with Crippen molar-refractivity contribution < 1.29 is 23.5 Å². The van der Waals surface area contributed by atoms with Crippen LogP contribution in [-0.4, -0.2) is 30.9 Å². The molecule has 0 unspecified atom stereocenters. The lowest BCUT2D eigenvalue weighted by molar-refractivity contribution is -0.137. The molecular formula is C25H21FN2O4. The van der Waals surface area contributed by atoms with E-state index in [9.17, 15) is 14.0 Å².